The number of nitrogens with one attached hydrogen (secondary N) is 1. The van der Waals surface area contributed by atoms with Crippen molar-refractivity contribution in [2.24, 2.45) is 11.1 Å². The Morgan fingerprint density at radius 1 is 1.29 bits per heavy atom. The van der Waals surface area contributed by atoms with Gasteiger partial charge in [-0.2, -0.15) is 0 Å². The second-order valence-corrected chi connectivity index (χ2v) is 6.65. The van der Waals surface area contributed by atoms with Gasteiger partial charge >= 0.3 is 0 Å². The summed E-state index contributed by atoms with van der Waals surface area (Å²) in [6.45, 7) is 1.92. The van der Waals surface area contributed by atoms with E-state index in [4.69, 9.17) is 29.6 Å². The first-order valence-corrected chi connectivity index (χ1v) is 8.12. The minimum atomic E-state index is -0.710. The smallest absolute Gasteiger partial charge is 0.237 e. The molecule has 1 amide bonds. The summed E-state index contributed by atoms with van der Waals surface area (Å²) in [4.78, 5) is 13.1. The lowest BCUT2D eigenvalue weighted by Gasteiger charge is -2.30. The van der Waals surface area contributed by atoms with Crippen LogP contribution in [0.3, 0.4) is 0 Å². The van der Waals surface area contributed by atoms with E-state index in [1.165, 1.54) is 0 Å². The first kappa shape index (κ1) is 16.2. The van der Waals surface area contributed by atoms with Crippen molar-refractivity contribution < 1.29 is 4.79 Å². The van der Waals surface area contributed by atoms with Crippen LogP contribution >= 0.6 is 23.8 Å². The number of benzene rings is 1. The summed E-state index contributed by atoms with van der Waals surface area (Å²) in [6.07, 6.45) is 5.73. The van der Waals surface area contributed by atoms with Crippen LogP contribution in [0.5, 0.6) is 0 Å². The number of aryl methyl sites for hydroxylation is 1. The van der Waals surface area contributed by atoms with Gasteiger partial charge in [0.15, 0.2) is 0 Å². The quantitative estimate of drug-likeness (QED) is 0.646. The van der Waals surface area contributed by atoms with Crippen LogP contribution in [-0.4, -0.2) is 10.9 Å². The Bertz CT molecular complexity index is 551. The van der Waals surface area contributed by atoms with Gasteiger partial charge in [-0.15, -0.1) is 0 Å². The highest BCUT2D eigenvalue weighted by molar-refractivity contribution is 7.80. The predicted molar refractivity (Wildman–Crippen MR) is 91.7 cm³/mol. The molecule has 2 rings (SSSR count). The van der Waals surface area contributed by atoms with Gasteiger partial charge < -0.3 is 11.1 Å². The maximum Gasteiger partial charge on any atom is 0.237 e. The summed E-state index contributed by atoms with van der Waals surface area (Å²) >= 11 is 11.2. The van der Waals surface area contributed by atoms with E-state index in [1.54, 1.807) is 6.07 Å². The van der Waals surface area contributed by atoms with Gasteiger partial charge in [-0.1, -0.05) is 49.5 Å². The van der Waals surface area contributed by atoms with Crippen molar-refractivity contribution in [2.45, 2.75) is 45.4 Å². The van der Waals surface area contributed by atoms with Crippen LogP contribution in [0.15, 0.2) is 18.2 Å². The number of nitrogens with two attached hydrogens (primary N) is 1. The van der Waals surface area contributed by atoms with Crippen LogP contribution in [-0.2, 0) is 4.79 Å². The molecule has 0 aromatic heterocycles. The predicted octanol–water partition coefficient (Wildman–Crippen LogP) is 4.21. The third-order valence-electron chi connectivity index (χ3n) is 4.30. The molecule has 5 heteroatoms. The summed E-state index contributed by atoms with van der Waals surface area (Å²) in [7, 11) is 0. The van der Waals surface area contributed by atoms with Gasteiger partial charge in [-0.3, -0.25) is 4.79 Å². The number of hydrogen-bond donors (Lipinski definition) is 2. The molecule has 1 aromatic rings. The van der Waals surface area contributed by atoms with Crippen molar-refractivity contribution in [3.05, 3.63) is 28.8 Å². The molecule has 0 heterocycles. The van der Waals surface area contributed by atoms with Gasteiger partial charge in [-0.25, -0.2) is 0 Å². The fraction of sp³-hybridized carbons (Fsp3) is 0.500. The zero-order chi connectivity index (χ0) is 15.5. The standard InChI is InChI=1S/C16H21ClN2OS/c1-11-10-12(17)6-7-13(11)19-15(20)16(14(18)21)8-4-2-3-5-9-16/h6-7,10H,2-5,8-9H2,1H3,(H2,18,21)(H,19,20). The van der Waals surface area contributed by atoms with E-state index in [9.17, 15) is 4.79 Å². The van der Waals surface area contributed by atoms with E-state index < -0.39 is 5.41 Å². The molecule has 0 aliphatic heterocycles. The Hall–Kier alpha value is -1.13. The van der Waals surface area contributed by atoms with Crippen LogP contribution in [0.4, 0.5) is 5.69 Å². The molecule has 0 radical (unpaired) electrons. The number of carbonyl (C=O) groups is 1. The van der Waals surface area contributed by atoms with Gasteiger partial charge in [0.1, 0.15) is 0 Å². The van der Waals surface area contributed by atoms with E-state index in [-0.39, 0.29) is 5.91 Å². The molecule has 0 spiro atoms. The second kappa shape index (κ2) is 6.75. The Morgan fingerprint density at radius 3 is 2.43 bits per heavy atom. The molecule has 114 valence electrons. The minimum absolute atomic E-state index is 0.0812. The van der Waals surface area contributed by atoms with Crippen LogP contribution in [0.25, 0.3) is 0 Å². The van der Waals surface area contributed by atoms with Crippen molar-refractivity contribution >= 4 is 40.4 Å². The first-order valence-electron chi connectivity index (χ1n) is 7.33. The van der Waals surface area contributed by atoms with Gasteiger partial charge in [0, 0.05) is 10.7 Å². The molecule has 3 N–H and O–H groups in total. The minimum Gasteiger partial charge on any atom is -0.392 e. The van der Waals surface area contributed by atoms with Crippen LogP contribution in [0, 0.1) is 12.3 Å². The molecule has 1 aliphatic rings. The van der Waals surface area contributed by atoms with E-state index >= 15 is 0 Å². The highest BCUT2D eigenvalue weighted by Gasteiger charge is 2.41. The van der Waals surface area contributed by atoms with E-state index in [0.717, 1.165) is 49.8 Å². The highest BCUT2D eigenvalue weighted by atomic mass is 35.5. The summed E-state index contributed by atoms with van der Waals surface area (Å²) in [6, 6.07) is 5.42. The summed E-state index contributed by atoms with van der Waals surface area (Å²) in [5.74, 6) is -0.0812. The number of halogens is 1. The maximum atomic E-state index is 12.8. The van der Waals surface area contributed by atoms with Crippen LogP contribution in [0.2, 0.25) is 5.02 Å². The first-order chi connectivity index (χ1) is 9.95. The number of carbonyl (C=O) groups excluding carboxylic acids is 1. The molecule has 3 nitrogen and oxygen atoms in total. The van der Waals surface area contributed by atoms with Crippen molar-refractivity contribution in [2.75, 3.05) is 5.32 Å². The van der Waals surface area contributed by atoms with E-state index in [1.807, 2.05) is 19.1 Å². The molecule has 0 unspecified atom stereocenters. The molecule has 1 aliphatic carbocycles. The van der Waals surface area contributed by atoms with E-state index in [2.05, 4.69) is 5.32 Å². The molecule has 1 saturated carbocycles. The monoisotopic (exact) mass is 324 g/mol. The second-order valence-electron chi connectivity index (χ2n) is 5.77. The Kier molecular flexibility index (Phi) is 5.22. The fourth-order valence-electron chi connectivity index (χ4n) is 2.93. The Balaban J connectivity index is 2.24. The lowest BCUT2D eigenvalue weighted by molar-refractivity contribution is -0.122. The summed E-state index contributed by atoms with van der Waals surface area (Å²) in [5, 5.41) is 3.65. The van der Waals surface area contributed by atoms with Gasteiger partial charge in [0.25, 0.3) is 0 Å². The molecule has 0 bridgehead atoms. The fourth-order valence-corrected chi connectivity index (χ4v) is 3.45. The van der Waals surface area contributed by atoms with Crippen molar-refractivity contribution in [3.63, 3.8) is 0 Å². The highest BCUT2D eigenvalue weighted by Crippen LogP contribution is 2.37. The number of anilines is 1. The molecule has 0 atom stereocenters. The molecule has 1 fully saturated rings. The third-order valence-corrected chi connectivity index (χ3v) is 4.93. The van der Waals surface area contributed by atoms with Crippen molar-refractivity contribution in [1.82, 2.24) is 0 Å². The molecule has 21 heavy (non-hydrogen) atoms. The maximum absolute atomic E-state index is 12.8. The zero-order valence-corrected chi connectivity index (χ0v) is 13.8. The van der Waals surface area contributed by atoms with E-state index in [0.29, 0.717) is 10.0 Å². The topological polar surface area (TPSA) is 55.1 Å². The SMILES string of the molecule is Cc1cc(Cl)ccc1NC(=O)C1(C(N)=S)CCCCCC1. The number of amides is 1. The summed E-state index contributed by atoms with van der Waals surface area (Å²) < 4.78 is 0. The van der Waals surface area contributed by atoms with Crippen LogP contribution < -0.4 is 11.1 Å². The average Bonchev–Trinajstić information content (AvgIpc) is 2.68. The molecular weight excluding hydrogens is 304 g/mol. The Morgan fingerprint density at radius 2 is 1.90 bits per heavy atom. The Labute approximate surface area is 136 Å². The van der Waals surface area contributed by atoms with Gasteiger partial charge in [0.05, 0.1) is 10.4 Å². The largest absolute Gasteiger partial charge is 0.392 e. The molecule has 0 saturated heterocycles. The van der Waals surface area contributed by atoms with Crippen LogP contribution in [0.1, 0.15) is 44.1 Å². The van der Waals surface area contributed by atoms with Gasteiger partial charge in [-0.05, 0) is 43.5 Å². The zero-order valence-electron chi connectivity index (χ0n) is 12.2. The number of hydrogen-bond acceptors (Lipinski definition) is 2. The average molecular weight is 325 g/mol. The lowest BCUT2D eigenvalue weighted by atomic mass is 9.79. The molecular formula is C16H21ClN2OS. The van der Waals surface area contributed by atoms with Crippen molar-refractivity contribution in [1.29, 1.82) is 0 Å². The normalized spacial score (nSPS) is 17.8. The number of rotatable bonds is 3. The van der Waals surface area contributed by atoms with Crippen molar-refractivity contribution in [3.8, 4) is 0 Å². The number of thiocarbonyl (C=S) groups is 1. The third kappa shape index (κ3) is 3.55. The van der Waals surface area contributed by atoms with Gasteiger partial charge in [0.2, 0.25) is 5.91 Å². The molecule has 1 aromatic carbocycles. The summed E-state index contributed by atoms with van der Waals surface area (Å²) in [5.41, 5.74) is 6.93. The lowest BCUT2D eigenvalue weighted by Crippen LogP contribution is -2.45.